The third kappa shape index (κ3) is 3.07. The molecule has 150 valence electrons. The normalized spacial score (nSPS) is 29.7. The van der Waals surface area contributed by atoms with E-state index in [1.807, 2.05) is 36.7 Å². The molecule has 0 saturated heterocycles. The number of aromatic nitrogens is 2. The van der Waals surface area contributed by atoms with Crippen LogP contribution in [0.3, 0.4) is 0 Å². The topological polar surface area (TPSA) is 34.9 Å². The maximum absolute atomic E-state index is 13.3. The van der Waals surface area contributed by atoms with Gasteiger partial charge in [0.1, 0.15) is 5.82 Å². The van der Waals surface area contributed by atoms with Crippen LogP contribution in [0.15, 0.2) is 54.9 Å². The van der Waals surface area contributed by atoms with E-state index in [0.29, 0.717) is 6.54 Å². The maximum Gasteiger partial charge on any atom is 0.183 e. The first-order valence-corrected chi connectivity index (χ1v) is 10.7. The fourth-order valence-electron chi connectivity index (χ4n) is 6.99. The van der Waals surface area contributed by atoms with Crippen molar-refractivity contribution in [3.05, 3.63) is 66.2 Å². The second-order valence-corrected chi connectivity index (χ2v) is 9.53. The number of rotatable bonds is 4. The van der Waals surface area contributed by atoms with E-state index in [1.165, 1.54) is 44.3 Å². The van der Waals surface area contributed by atoms with Gasteiger partial charge in [0.15, 0.2) is 5.78 Å². The Morgan fingerprint density at radius 3 is 2.34 bits per heavy atom. The summed E-state index contributed by atoms with van der Waals surface area (Å²) in [5, 5.41) is 2.17. The molecular weight excluding hydrogens is 424 g/mol. The average molecular weight is 451 g/mol. The van der Waals surface area contributed by atoms with Gasteiger partial charge in [0.25, 0.3) is 0 Å². The van der Waals surface area contributed by atoms with E-state index in [2.05, 4.69) is 22.8 Å². The van der Waals surface area contributed by atoms with Crippen molar-refractivity contribution < 1.29 is 4.79 Å². The van der Waals surface area contributed by atoms with Gasteiger partial charge in [-0.25, -0.2) is 4.98 Å². The predicted octanol–water partition coefficient (Wildman–Crippen LogP) is 5.96. The molecule has 0 aliphatic heterocycles. The van der Waals surface area contributed by atoms with Gasteiger partial charge in [-0.15, -0.1) is 17.0 Å². The van der Waals surface area contributed by atoms with Crippen LogP contribution in [0.4, 0.5) is 0 Å². The van der Waals surface area contributed by atoms with Crippen molar-refractivity contribution in [2.75, 3.05) is 0 Å². The summed E-state index contributed by atoms with van der Waals surface area (Å²) in [5.41, 5.74) is 1.04. The fourth-order valence-corrected chi connectivity index (χ4v) is 6.99. The highest BCUT2D eigenvalue weighted by molar-refractivity contribution is 8.93. The third-order valence-electron chi connectivity index (χ3n) is 7.63. The quantitative estimate of drug-likeness (QED) is 0.459. The summed E-state index contributed by atoms with van der Waals surface area (Å²) in [4.78, 5) is 18.1. The summed E-state index contributed by atoms with van der Waals surface area (Å²) in [6.45, 7) is 0.394. The minimum atomic E-state index is 0. The Hall–Kier alpha value is -1.94. The Morgan fingerprint density at radius 2 is 1.62 bits per heavy atom. The minimum absolute atomic E-state index is 0. The molecule has 7 rings (SSSR count). The van der Waals surface area contributed by atoms with Crippen molar-refractivity contribution in [1.29, 1.82) is 0 Å². The summed E-state index contributed by atoms with van der Waals surface area (Å²) in [6.07, 6.45) is 12.0. The summed E-state index contributed by atoms with van der Waals surface area (Å²) in [6, 6.07) is 14.2. The molecule has 0 unspecified atom stereocenters. The molecule has 0 N–H and O–H groups in total. The van der Waals surface area contributed by atoms with Crippen LogP contribution in [-0.4, -0.2) is 15.3 Å². The molecule has 4 aliphatic rings. The summed E-state index contributed by atoms with van der Waals surface area (Å²) >= 11 is 0. The van der Waals surface area contributed by atoms with Gasteiger partial charge >= 0.3 is 0 Å². The first-order chi connectivity index (χ1) is 13.7. The number of Topliss-reactive ketones (excluding diaryl/α,β-unsaturated/α-hetero) is 1. The number of imidazole rings is 1. The number of ketones is 1. The molecule has 4 saturated carbocycles. The molecular formula is C25H27BrN2O. The second kappa shape index (κ2) is 7.09. The highest BCUT2D eigenvalue weighted by Gasteiger charge is 2.53. The fraction of sp³-hybridized carbons (Fsp3) is 0.440. The van der Waals surface area contributed by atoms with Gasteiger partial charge in [0, 0.05) is 23.4 Å². The largest absolute Gasteiger partial charge is 0.327 e. The molecule has 4 fully saturated rings. The zero-order valence-electron chi connectivity index (χ0n) is 16.6. The monoisotopic (exact) mass is 450 g/mol. The highest BCUT2D eigenvalue weighted by atomic mass is 79.9. The van der Waals surface area contributed by atoms with Gasteiger partial charge in [-0.3, -0.25) is 4.79 Å². The van der Waals surface area contributed by atoms with Gasteiger partial charge in [-0.2, -0.15) is 0 Å². The smallest absolute Gasteiger partial charge is 0.183 e. The lowest BCUT2D eigenvalue weighted by Crippen LogP contribution is -2.49. The Balaban J connectivity index is 0.00000181. The number of halogens is 1. The van der Waals surface area contributed by atoms with Crippen LogP contribution in [0.1, 0.15) is 54.7 Å². The van der Waals surface area contributed by atoms with Gasteiger partial charge < -0.3 is 4.57 Å². The lowest BCUT2D eigenvalue weighted by molar-refractivity contribution is -0.0108. The Labute approximate surface area is 182 Å². The van der Waals surface area contributed by atoms with Crippen LogP contribution in [0.2, 0.25) is 0 Å². The number of carbonyl (C=O) groups excluding carboxylic acids is 1. The third-order valence-corrected chi connectivity index (χ3v) is 7.63. The van der Waals surface area contributed by atoms with Crippen molar-refractivity contribution in [3.8, 4) is 0 Å². The molecule has 0 amide bonds. The Kier molecular flexibility index (Phi) is 4.65. The van der Waals surface area contributed by atoms with Crippen LogP contribution in [0, 0.1) is 17.8 Å². The lowest BCUT2D eigenvalue weighted by atomic mass is 9.49. The van der Waals surface area contributed by atoms with Crippen LogP contribution in [0.25, 0.3) is 10.8 Å². The van der Waals surface area contributed by atoms with E-state index in [0.717, 1.165) is 34.1 Å². The van der Waals surface area contributed by atoms with Crippen molar-refractivity contribution in [3.63, 3.8) is 0 Å². The molecule has 4 aliphatic carbocycles. The lowest BCUT2D eigenvalue weighted by Gasteiger charge is -2.56. The van der Waals surface area contributed by atoms with Crippen LogP contribution < -0.4 is 0 Å². The number of fused-ring (bicyclic) bond motifs is 1. The Bertz CT molecular complexity index is 1030. The van der Waals surface area contributed by atoms with E-state index in [4.69, 9.17) is 4.98 Å². The van der Waals surface area contributed by atoms with E-state index >= 15 is 0 Å². The van der Waals surface area contributed by atoms with Gasteiger partial charge in [-0.1, -0.05) is 42.5 Å². The predicted molar refractivity (Wildman–Crippen MR) is 121 cm³/mol. The summed E-state index contributed by atoms with van der Waals surface area (Å²) in [5.74, 6) is 4.00. The first kappa shape index (κ1) is 19.0. The molecule has 4 bridgehead atoms. The van der Waals surface area contributed by atoms with Crippen molar-refractivity contribution >= 4 is 33.5 Å². The number of carbonyl (C=O) groups is 1. The first-order valence-electron chi connectivity index (χ1n) is 10.7. The Morgan fingerprint density at radius 1 is 0.966 bits per heavy atom. The molecule has 0 radical (unpaired) electrons. The molecule has 0 atom stereocenters. The molecule has 1 heterocycles. The highest BCUT2D eigenvalue weighted by Crippen LogP contribution is 2.60. The van der Waals surface area contributed by atoms with E-state index in [1.54, 1.807) is 0 Å². The van der Waals surface area contributed by atoms with Crippen LogP contribution in [0.5, 0.6) is 0 Å². The van der Waals surface area contributed by atoms with E-state index in [9.17, 15) is 4.79 Å². The molecule has 4 heteroatoms. The standard InChI is InChI=1S/C25H26N2O.BrH/c28-23(22-7-3-5-20-4-1-2-6-21(20)22)16-27-9-8-26-24(27)25-13-17-10-18(14-25)12-19(11-17)15-25;/h1-9,17-19H,10-16H2;1H. The zero-order chi connectivity index (χ0) is 18.7. The molecule has 29 heavy (non-hydrogen) atoms. The molecule has 3 nitrogen and oxygen atoms in total. The summed E-state index contributed by atoms with van der Waals surface area (Å²) in [7, 11) is 0. The van der Waals surface area contributed by atoms with Crippen LogP contribution in [-0.2, 0) is 12.0 Å². The van der Waals surface area contributed by atoms with Crippen LogP contribution >= 0.6 is 17.0 Å². The molecule has 0 spiro atoms. The average Bonchev–Trinajstić information content (AvgIpc) is 3.15. The van der Waals surface area contributed by atoms with Gasteiger partial charge in [0.2, 0.25) is 0 Å². The number of nitrogens with zero attached hydrogens (tertiary/aromatic N) is 2. The molecule has 1 aromatic heterocycles. The maximum atomic E-state index is 13.3. The summed E-state index contributed by atoms with van der Waals surface area (Å²) < 4.78 is 2.16. The number of benzene rings is 2. The SMILES string of the molecule is Br.O=C(Cn1ccnc1C12CC3CC(CC(C3)C1)C2)c1cccc2ccccc12. The van der Waals surface area contributed by atoms with Gasteiger partial charge in [0.05, 0.1) is 6.54 Å². The van der Waals surface area contributed by atoms with E-state index < -0.39 is 0 Å². The number of hydrogen-bond donors (Lipinski definition) is 0. The van der Waals surface area contributed by atoms with E-state index in [-0.39, 0.29) is 28.2 Å². The number of hydrogen-bond acceptors (Lipinski definition) is 2. The molecule has 2 aromatic carbocycles. The van der Waals surface area contributed by atoms with Crippen molar-refractivity contribution in [1.82, 2.24) is 9.55 Å². The zero-order valence-corrected chi connectivity index (χ0v) is 18.3. The minimum Gasteiger partial charge on any atom is -0.327 e. The van der Waals surface area contributed by atoms with Crippen molar-refractivity contribution in [2.45, 2.75) is 50.5 Å². The molecule has 3 aromatic rings. The van der Waals surface area contributed by atoms with Crippen molar-refractivity contribution in [2.24, 2.45) is 17.8 Å². The van der Waals surface area contributed by atoms with Gasteiger partial charge in [-0.05, 0) is 67.1 Å². The second-order valence-electron chi connectivity index (χ2n) is 9.53.